The Morgan fingerprint density at radius 2 is 0.929 bits per heavy atom. The van der Waals surface area contributed by atoms with Crippen LogP contribution in [0.15, 0.2) is 36.4 Å². The summed E-state index contributed by atoms with van der Waals surface area (Å²) < 4.78 is 0. The molecule has 2 N–H and O–H groups in total. The molecule has 0 aliphatic heterocycles. The van der Waals surface area contributed by atoms with Gasteiger partial charge in [0.1, 0.15) is 17.1 Å². The fraction of sp³-hybridized carbons (Fsp3) is 0.595. The lowest BCUT2D eigenvalue weighted by Gasteiger charge is -2.15. The molecule has 0 fully saturated rings. The van der Waals surface area contributed by atoms with Crippen molar-refractivity contribution in [1.82, 2.24) is 0 Å². The van der Waals surface area contributed by atoms with Gasteiger partial charge in [-0.15, -0.1) is 0 Å². The molecule has 2 aromatic carbocycles. The van der Waals surface area contributed by atoms with Crippen molar-refractivity contribution in [3.63, 3.8) is 0 Å². The standard InChI is InChI=1S/C37H54O5/c1-3-5-7-9-11-13-15-17-22-26-32(38)30-28-31(35(40)29-24-20-19-21-25-29)37(42)34(36(30)41)33(39)27-23-18-16-14-12-10-8-6-4-2/h19-21,24-25,28,41-42H,3-18,22-23,26-27H2,1-2H3. The number of rotatable bonds is 24. The van der Waals surface area contributed by atoms with Crippen molar-refractivity contribution in [2.45, 2.75) is 142 Å². The maximum absolute atomic E-state index is 13.3. The van der Waals surface area contributed by atoms with Crippen molar-refractivity contribution in [3.8, 4) is 11.5 Å². The summed E-state index contributed by atoms with van der Waals surface area (Å²) in [5.74, 6) is -2.27. The molecule has 0 saturated carbocycles. The van der Waals surface area contributed by atoms with E-state index >= 15 is 0 Å². The summed E-state index contributed by atoms with van der Waals surface area (Å²) >= 11 is 0. The largest absolute Gasteiger partial charge is 0.506 e. The molecule has 2 rings (SSSR count). The molecule has 0 aromatic heterocycles. The van der Waals surface area contributed by atoms with Crippen LogP contribution in [0, 0.1) is 0 Å². The Morgan fingerprint density at radius 1 is 0.524 bits per heavy atom. The highest BCUT2D eigenvalue weighted by Gasteiger charge is 2.28. The normalized spacial score (nSPS) is 11.1. The second-order valence-corrected chi connectivity index (χ2v) is 11.7. The van der Waals surface area contributed by atoms with Crippen molar-refractivity contribution in [3.05, 3.63) is 58.7 Å². The summed E-state index contributed by atoms with van der Waals surface area (Å²) in [6.45, 7) is 4.41. The molecule has 0 aliphatic carbocycles. The molecule has 0 amide bonds. The predicted molar refractivity (Wildman–Crippen MR) is 172 cm³/mol. The van der Waals surface area contributed by atoms with Crippen LogP contribution in [-0.2, 0) is 0 Å². The lowest BCUT2D eigenvalue weighted by Crippen LogP contribution is -2.11. The molecule has 0 radical (unpaired) electrons. The van der Waals surface area contributed by atoms with Gasteiger partial charge in [0.25, 0.3) is 0 Å². The van der Waals surface area contributed by atoms with Gasteiger partial charge in [0, 0.05) is 18.4 Å². The number of aromatic hydroxyl groups is 2. The van der Waals surface area contributed by atoms with Gasteiger partial charge in [-0.1, -0.05) is 147 Å². The SMILES string of the molecule is CCCCCCCCCCCC(=O)c1cc(C(=O)c2ccccc2)c(O)c(C(=O)CCCCCCCCCCC)c1O. The van der Waals surface area contributed by atoms with Crippen molar-refractivity contribution in [2.75, 3.05) is 0 Å². The van der Waals surface area contributed by atoms with Gasteiger partial charge >= 0.3 is 0 Å². The van der Waals surface area contributed by atoms with Crippen LogP contribution in [0.1, 0.15) is 179 Å². The topological polar surface area (TPSA) is 91.7 Å². The van der Waals surface area contributed by atoms with E-state index < -0.39 is 23.1 Å². The first-order chi connectivity index (χ1) is 20.4. The molecule has 0 bridgehead atoms. The number of ketones is 3. The highest BCUT2D eigenvalue weighted by atomic mass is 16.3. The zero-order valence-electron chi connectivity index (χ0n) is 26.2. The van der Waals surface area contributed by atoms with Crippen LogP contribution in [0.2, 0.25) is 0 Å². The van der Waals surface area contributed by atoms with Crippen LogP contribution in [0.25, 0.3) is 0 Å². The molecule has 232 valence electrons. The van der Waals surface area contributed by atoms with E-state index in [0.29, 0.717) is 18.4 Å². The van der Waals surface area contributed by atoms with Crippen molar-refractivity contribution in [1.29, 1.82) is 0 Å². The molecule has 0 saturated heterocycles. The van der Waals surface area contributed by atoms with Gasteiger partial charge < -0.3 is 10.2 Å². The molecule has 0 heterocycles. The first-order valence-electron chi connectivity index (χ1n) is 16.7. The minimum Gasteiger partial charge on any atom is -0.506 e. The van der Waals surface area contributed by atoms with Crippen LogP contribution in [0.3, 0.4) is 0 Å². The second-order valence-electron chi connectivity index (χ2n) is 11.7. The third kappa shape index (κ3) is 12.1. The Hall–Kier alpha value is -2.95. The lowest BCUT2D eigenvalue weighted by atomic mass is 9.90. The van der Waals surface area contributed by atoms with E-state index in [1.807, 2.05) is 0 Å². The first-order valence-corrected chi connectivity index (χ1v) is 16.7. The van der Waals surface area contributed by atoms with E-state index in [2.05, 4.69) is 13.8 Å². The molecular weight excluding hydrogens is 524 g/mol. The molecule has 0 spiro atoms. The highest BCUT2D eigenvalue weighted by Crippen LogP contribution is 2.37. The monoisotopic (exact) mass is 578 g/mol. The smallest absolute Gasteiger partial charge is 0.196 e. The van der Waals surface area contributed by atoms with Crippen LogP contribution in [-0.4, -0.2) is 27.6 Å². The van der Waals surface area contributed by atoms with Gasteiger partial charge in [-0.3, -0.25) is 14.4 Å². The second kappa shape index (κ2) is 20.9. The van der Waals surface area contributed by atoms with E-state index in [1.54, 1.807) is 30.3 Å². The fourth-order valence-electron chi connectivity index (χ4n) is 5.51. The van der Waals surface area contributed by atoms with Gasteiger partial charge in [0.2, 0.25) is 0 Å². The van der Waals surface area contributed by atoms with Gasteiger partial charge in [0.05, 0.1) is 11.1 Å². The maximum Gasteiger partial charge on any atom is 0.196 e. The molecule has 42 heavy (non-hydrogen) atoms. The molecule has 5 heteroatoms. The Balaban J connectivity index is 2.08. The summed E-state index contributed by atoms with van der Waals surface area (Å²) in [4.78, 5) is 39.8. The van der Waals surface area contributed by atoms with Crippen molar-refractivity contribution in [2.24, 2.45) is 0 Å². The lowest BCUT2D eigenvalue weighted by molar-refractivity contribution is 0.0972. The highest BCUT2D eigenvalue weighted by molar-refractivity contribution is 6.16. The molecule has 0 atom stereocenters. The zero-order chi connectivity index (χ0) is 30.6. The first kappa shape index (κ1) is 35.2. The van der Waals surface area contributed by atoms with E-state index in [0.717, 1.165) is 38.5 Å². The number of unbranched alkanes of at least 4 members (excludes halogenated alkanes) is 16. The van der Waals surface area contributed by atoms with Gasteiger partial charge in [-0.25, -0.2) is 0 Å². The summed E-state index contributed by atoms with van der Waals surface area (Å²) in [5.41, 5.74) is -0.133. The molecular formula is C37H54O5. The number of hydrogen-bond donors (Lipinski definition) is 2. The van der Waals surface area contributed by atoms with Crippen LogP contribution < -0.4 is 0 Å². The Bertz CT molecular complexity index is 1090. The van der Waals surface area contributed by atoms with Crippen LogP contribution in [0.5, 0.6) is 11.5 Å². The van der Waals surface area contributed by atoms with Gasteiger partial charge in [-0.2, -0.15) is 0 Å². The van der Waals surface area contributed by atoms with E-state index in [-0.39, 0.29) is 35.3 Å². The van der Waals surface area contributed by atoms with Crippen LogP contribution >= 0.6 is 0 Å². The minimum atomic E-state index is -0.540. The number of benzene rings is 2. The number of carbonyl (C=O) groups is 3. The molecule has 2 aromatic rings. The summed E-state index contributed by atoms with van der Waals surface area (Å²) in [6.07, 6.45) is 20.3. The van der Waals surface area contributed by atoms with Gasteiger partial charge in [0.15, 0.2) is 17.3 Å². The summed E-state index contributed by atoms with van der Waals surface area (Å²) in [6, 6.07) is 9.75. The minimum absolute atomic E-state index is 0.0536. The molecule has 0 aliphatic rings. The number of Topliss-reactive ketones (excluding diaryl/α,β-unsaturated/α-hetero) is 2. The number of carbonyl (C=O) groups excluding carboxylic acids is 3. The Kier molecular flexibility index (Phi) is 17.5. The maximum atomic E-state index is 13.3. The number of hydrogen-bond acceptors (Lipinski definition) is 5. The average molecular weight is 579 g/mol. The Morgan fingerprint density at radius 3 is 1.40 bits per heavy atom. The zero-order valence-corrected chi connectivity index (χ0v) is 26.2. The van der Waals surface area contributed by atoms with Crippen molar-refractivity contribution >= 4 is 17.3 Å². The summed E-state index contributed by atoms with van der Waals surface area (Å²) in [7, 11) is 0. The third-order valence-corrected chi connectivity index (χ3v) is 8.15. The van der Waals surface area contributed by atoms with Crippen molar-refractivity contribution < 1.29 is 24.6 Å². The average Bonchev–Trinajstić information content (AvgIpc) is 2.99. The summed E-state index contributed by atoms with van der Waals surface area (Å²) in [5, 5.41) is 22.1. The third-order valence-electron chi connectivity index (χ3n) is 8.15. The number of phenols is 2. The molecule has 5 nitrogen and oxygen atoms in total. The fourth-order valence-corrected chi connectivity index (χ4v) is 5.51. The Labute approximate surface area is 254 Å². The predicted octanol–water partition coefficient (Wildman–Crippen LogP) is 10.5. The van der Waals surface area contributed by atoms with E-state index in [9.17, 15) is 24.6 Å². The quantitative estimate of drug-likeness (QED) is 0.0955. The van der Waals surface area contributed by atoms with Crippen LogP contribution in [0.4, 0.5) is 0 Å². The number of phenolic OH excluding ortho intramolecular Hbond substituents is 2. The van der Waals surface area contributed by atoms with E-state index in [1.165, 1.54) is 70.3 Å². The molecule has 0 unspecified atom stereocenters. The van der Waals surface area contributed by atoms with Gasteiger partial charge in [-0.05, 0) is 18.9 Å². The van der Waals surface area contributed by atoms with E-state index in [4.69, 9.17) is 0 Å².